The van der Waals surface area contributed by atoms with Crippen LogP contribution in [0.3, 0.4) is 0 Å². The number of anilines is 1. The highest BCUT2D eigenvalue weighted by Crippen LogP contribution is 2.29. The van der Waals surface area contributed by atoms with Crippen LogP contribution in [-0.2, 0) is 11.3 Å². The molecular weight excluding hydrogens is 398 g/mol. The average Bonchev–Trinajstić information content (AvgIpc) is 3.21. The zero-order valence-corrected chi connectivity index (χ0v) is 16.5. The van der Waals surface area contributed by atoms with Gasteiger partial charge in [-0.2, -0.15) is 0 Å². The molecule has 0 spiro atoms. The minimum absolute atomic E-state index is 0.109. The van der Waals surface area contributed by atoms with Gasteiger partial charge >= 0.3 is 0 Å². The largest absolute Gasteiger partial charge is 0.325 e. The number of amides is 1. The fourth-order valence-corrected chi connectivity index (χ4v) is 4.08. The second kappa shape index (κ2) is 7.49. The fraction of sp³-hybridized carbons (Fsp3) is 0.0455. The molecule has 0 atom stereocenters. The second-order valence-electron chi connectivity index (χ2n) is 6.67. The first kappa shape index (κ1) is 18.1. The van der Waals surface area contributed by atoms with E-state index in [1.165, 1.54) is 22.2 Å². The predicted octanol–water partition coefficient (Wildman–Crippen LogP) is 3.71. The van der Waals surface area contributed by atoms with Crippen molar-refractivity contribution in [3.05, 3.63) is 83.5 Å². The minimum Gasteiger partial charge on any atom is -0.325 e. The van der Waals surface area contributed by atoms with E-state index in [0.717, 1.165) is 20.9 Å². The van der Waals surface area contributed by atoms with Gasteiger partial charge in [0.2, 0.25) is 5.91 Å². The van der Waals surface area contributed by atoms with Crippen molar-refractivity contribution in [2.24, 2.45) is 0 Å². The van der Waals surface area contributed by atoms with Gasteiger partial charge in [0.05, 0.1) is 17.2 Å². The normalized spacial score (nSPS) is 11.1. The molecule has 3 heterocycles. The molecule has 7 nitrogen and oxygen atoms in total. The maximum Gasteiger partial charge on any atom is 0.261 e. The van der Waals surface area contributed by atoms with Crippen molar-refractivity contribution in [2.45, 2.75) is 6.54 Å². The number of para-hydroxylation sites is 1. The maximum atomic E-state index is 12.5. The van der Waals surface area contributed by atoms with E-state index in [2.05, 4.69) is 20.3 Å². The van der Waals surface area contributed by atoms with E-state index in [0.29, 0.717) is 16.6 Å². The fourth-order valence-electron chi connectivity index (χ4n) is 3.16. The lowest BCUT2D eigenvalue weighted by molar-refractivity contribution is -0.116. The first-order valence-electron chi connectivity index (χ1n) is 9.23. The van der Waals surface area contributed by atoms with Gasteiger partial charge in [-0.05, 0) is 48.5 Å². The summed E-state index contributed by atoms with van der Waals surface area (Å²) in [6, 6.07) is 18.3. The van der Waals surface area contributed by atoms with Crippen LogP contribution < -0.4 is 10.9 Å². The first-order chi connectivity index (χ1) is 14.7. The highest BCUT2D eigenvalue weighted by atomic mass is 32.1. The number of carbonyl (C=O) groups excluding carboxylic acids is 1. The van der Waals surface area contributed by atoms with E-state index in [1.54, 1.807) is 24.4 Å². The predicted molar refractivity (Wildman–Crippen MR) is 117 cm³/mol. The summed E-state index contributed by atoms with van der Waals surface area (Å²) in [5.74, 6) is -0.300. The zero-order valence-electron chi connectivity index (χ0n) is 15.6. The van der Waals surface area contributed by atoms with E-state index >= 15 is 0 Å². The molecule has 0 fully saturated rings. The van der Waals surface area contributed by atoms with Crippen molar-refractivity contribution in [3.63, 3.8) is 0 Å². The van der Waals surface area contributed by atoms with Crippen LogP contribution in [0.2, 0.25) is 0 Å². The van der Waals surface area contributed by atoms with E-state index in [4.69, 9.17) is 0 Å². The van der Waals surface area contributed by atoms with Gasteiger partial charge in [-0.15, -0.1) is 0 Å². The minimum atomic E-state index is -0.300. The molecule has 8 heteroatoms. The Balaban J connectivity index is 1.32. The van der Waals surface area contributed by atoms with Crippen LogP contribution in [0.25, 0.3) is 31.8 Å². The Morgan fingerprint density at radius 2 is 1.77 bits per heavy atom. The second-order valence-corrected chi connectivity index (χ2v) is 7.64. The Bertz CT molecular complexity index is 1410. The van der Waals surface area contributed by atoms with Gasteiger partial charge in [0.15, 0.2) is 0 Å². The SMILES string of the molecule is O=C(Cn1cnc2ccccc2c1=O)Nc1ccc(-c2nc3cccnc3s2)cc1. The quantitative estimate of drug-likeness (QED) is 0.485. The summed E-state index contributed by atoms with van der Waals surface area (Å²) in [5, 5.41) is 4.17. The number of aromatic nitrogens is 4. The number of benzene rings is 2. The van der Waals surface area contributed by atoms with Crippen molar-refractivity contribution in [3.8, 4) is 10.6 Å². The number of thiazole rings is 1. The standard InChI is InChI=1S/C22H15N5O2S/c28-19(12-27-13-24-17-5-2-1-4-16(17)22(27)29)25-15-9-7-14(8-10-15)20-26-18-6-3-11-23-21(18)30-20/h1-11,13H,12H2,(H,25,28). The molecule has 1 N–H and O–H groups in total. The van der Waals surface area contributed by atoms with Gasteiger partial charge in [-0.25, -0.2) is 15.0 Å². The van der Waals surface area contributed by atoms with Crippen LogP contribution in [0.1, 0.15) is 0 Å². The zero-order chi connectivity index (χ0) is 20.5. The van der Waals surface area contributed by atoms with Crippen molar-refractivity contribution in [1.29, 1.82) is 0 Å². The summed E-state index contributed by atoms with van der Waals surface area (Å²) in [4.78, 5) is 39.0. The Morgan fingerprint density at radius 3 is 2.60 bits per heavy atom. The number of fused-ring (bicyclic) bond motifs is 2. The van der Waals surface area contributed by atoms with Crippen molar-refractivity contribution < 1.29 is 4.79 Å². The molecule has 2 aromatic carbocycles. The molecule has 5 rings (SSSR count). The topological polar surface area (TPSA) is 89.8 Å². The number of hydrogen-bond donors (Lipinski definition) is 1. The molecule has 0 saturated heterocycles. The van der Waals surface area contributed by atoms with Crippen LogP contribution in [0.4, 0.5) is 5.69 Å². The number of nitrogens with one attached hydrogen (secondary N) is 1. The van der Waals surface area contributed by atoms with E-state index in [1.807, 2.05) is 42.5 Å². The molecule has 0 aliphatic carbocycles. The lowest BCUT2D eigenvalue weighted by Crippen LogP contribution is -2.27. The summed E-state index contributed by atoms with van der Waals surface area (Å²) in [6.45, 7) is -0.109. The molecule has 0 radical (unpaired) electrons. The molecule has 1 amide bonds. The lowest BCUT2D eigenvalue weighted by atomic mass is 10.2. The van der Waals surface area contributed by atoms with Crippen LogP contribution in [0.15, 0.2) is 78.0 Å². The highest BCUT2D eigenvalue weighted by molar-refractivity contribution is 7.21. The maximum absolute atomic E-state index is 12.5. The molecule has 3 aromatic heterocycles. The number of nitrogens with zero attached hydrogens (tertiary/aromatic N) is 4. The molecule has 30 heavy (non-hydrogen) atoms. The highest BCUT2D eigenvalue weighted by Gasteiger charge is 2.10. The van der Waals surface area contributed by atoms with Crippen molar-refractivity contribution in [1.82, 2.24) is 19.5 Å². The van der Waals surface area contributed by atoms with Gasteiger partial charge in [0, 0.05) is 17.4 Å². The molecule has 0 aliphatic heterocycles. The third kappa shape index (κ3) is 3.44. The summed E-state index contributed by atoms with van der Waals surface area (Å²) in [5.41, 5.74) is 2.83. The summed E-state index contributed by atoms with van der Waals surface area (Å²) < 4.78 is 1.31. The number of hydrogen-bond acceptors (Lipinski definition) is 6. The van der Waals surface area contributed by atoms with Gasteiger partial charge < -0.3 is 5.32 Å². The Hall–Kier alpha value is -3.91. The third-order valence-electron chi connectivity index (χ3n) is 4.63. The van der Waals surface area contributed by atoms with Gasteiger partial charge in [0.25, 0.3) is 5.56 Å². The number of rotatable bonds is 4. The summed E-state index contributed by atoms with van der Waals surface area (Å²) in [6.07, 6.45) is 3.15. The van der Waals surface area contributed by atoms with Gasteiger partial charge in [0.1, 0.15) is 21.9 Å². The Labute approximate surface area is 174 Å². The molecule has 0 unspecified atom stereocenters. The number of carbonyl (C=O) groups is 1. The van der Waals surface area contributed by atoms with Gasteiger partial charge in [-0.1, -0.05) is 23.5 Å². The molecule has 0 bridgehead atoms. The molecule has 5 aromatic rings. The van der Waals surface area contributed by atoms with Crippen LogP contribution in [0.5, 0.6) is 0 Å². The average molecular weight is 413 g/mol. The number of pyridine rings is 1. The molecule has 0 saturated carbocycles. The van der Waals surface area contributed by atoms with E-state index in [-0.39, 0.29) is 18.0 Å². The van der Waals surface area contributed by atoms with E-state index < -0.39 is 0 Å². The smallest absolute Gasteiger partial charge is 0.261 e. The van der Waals surface area contributed by atoms with Crippen LogP contribution >= 0.6 is 11.3 Å². The monoisotopic (exact) mass is 413 g/mol. The van der Waals surface area contributed by atoms with Crippen molar-refractivity contribution in [2.75, 3.05) is 5.32 Å². The van der Waals surface area contributed by atoms with Gasteiger partial charge in [-0.3, -0.25) is 14.2 Å². The van der Waals surface area contributed by atoms with E-state index in [9.17, 15) is 9.59 Å². The summed E-state index contributed by atoms with van der Waals surface area (Å²) >= 11 is 1.52. The Morgan fingerprint density at radius 1 is 0.967 bits per heavy atom. The lowest BCUT2D eigenvalue weighted by Gasteiger charge is -2.08. The first-order valence-corrected chi connectivity index (χ1v) is 10.0. The van der Waals surface area contributed by atoms with Crippen LogP contribution in [-0.4, -0.2) is 25.4 Å². The molecule has 0 aliphatic rings. The van der Waals surface area contributed by atoms with Crippen LogP contribution in [0, 0.1) is 0 Å². The molecular formula is C22H15N5O2S. The Kier molecular flexibility index (Phi) is 4.53. The summed E-state index contributed by atoms with van der Waals surface area (Å²) in [7, 11) is 0. The molecule has 146 valence electrons. The van der Waals surface area contributed by atoms with Crippen molar-refractivity contribution >= 4 is 44.2 Å². The third-order valence-corrected chi connectivity index (χ3v) is 5.66.